The summed E-state index contributed by atoms with van der Waals surface area (Å²) in [5.41, 5.74) is 0.202. The lowest BCUT2D eigenvalue weighted by Crippen LogP contribution is -2.41. The SMILES string of the molecule is CC(C)(C)OC(=O)NCCC(=O)NCC1CCN(C(=O)/C=C/c2ccc(F)cc2)CC1. The topological polar surface area (TPSA) is 87.7 Å². The van der Waals surface area contributed by atoms with Crippen LogP contribution in [0.1, 0.15) is 45.6 Å². The average molecular weight is 434 g/mol. The van der Waals surface area contributed by atoms with Crippen molar-refractivity contribution >= 4 is 24.0 Å². The molecule has 0 radical (unpaired) electrons. The van der Waals surface area contributed by atoms with Crippen LogP contribution < -0.4 is 10.6 Å². The minimum atomic E-state index is -0.570. The Morgan fingerprint density at radius 3 is 2.39 bits per heavy atom. The molecule has 1 aromatic rings. The van der Waals surface area contributed by atoms with Gasteiger partial charge in [0, 0.05) is 38.7 Å². The molecule has 1 saturated heterocycles. The predicted molar refractivity (Wildman–Crippen MR) is 117 cm³/mol. The zero-order chi connectivity index (χ0) is 22.9. The fourth-order valence-corrected chi connectivity index (χ4v) is 3.14. The van der Waals surface area contributed by atoms with Crippen LogP contribution >= 0.6 is 0 Å². The predicted octanol–water partition coefficient (Wildman–Crippen LogP) is 3.11. The normalized spacial score (nSPS) is 15.0. The van der Waals surface area contributed by atoms with E-state index in [1.807, 2.05) is 0 Å². The Bertz CT molecular complexity index is 779. The van der Waals surface area contributed by atoms with Crippen molar-refractivity contribution in [3.8, 4) is 0 Å². The Balaban J connectivity index is 1.62. The largest absolute Gasteiger partial charge is 0.444 e. The molecule has 1 heterocycles. The number of nitrogens with zero attached hydrogens (tertiary/aromatic N) is 1. The molecule has 2 N–H and O–H groups in total. The minimum absolute atomic E-state index is 0.0694. The van der Waals surface area contributed by atoms with Crippen LogP contribution in [0.5, 0.6) is 0 Å². The van der Waals surface area contributed by atoms with Crippen LogP contribution in [0, 0.1) is 11.7 Å². The minimum Gasteiger partial charge on any atom is -0.444 e. The fraction of sp³-hybridized carbons (Fsp3) is 0.522. The maximum Gasteiger partial charge on any atom is 0.407 e. The number of amides is 3. The Hall–Kier alpha value is -2.90. The molecule has 0 bridgehead atoms. The van der Waals surface area contributed by atoms with E-state index in [1.165, 1.54) is 18.2 Å². The van der Waals surface area contributed by atoms with Gasteiger partial charge in [-0.25, -0.2) is 9.18 Å². The first-order valence-corrected chi connectivity index (χ1v) is 10.6. The van der Waals surface area contributed by atoms with Gasteiger partial charge in [0.25, 0.3) is 0 Å². The molecule has 0 spiro atoms. The molecule has 1 fully saturated rings. The molecule has 7 nitrogen and oxygen atoms in total. The van der Waals surface area contributed by atoms with E-state index in [-0.39, 0.29) is 30.6 Å². The lowest BCUT2D eigenvalue weighted by atomic mass is 9.96. The number of carbonyl (C=O) groups is 3. The molecule has 1 aromatic carbocycles. The van der Waals surface area contributed by atoms with E-state index in [9.17, 15) is 18.8 Å². The number of halogens is 1. The molecule has 31 heavy (non-hydrogen) atoms. The van der Waals surface area contributed by atoms with Crippen molar-refractivity contribution in [2.45, 2.75) is 45.6 Å². The van der Waals surface area contributed by atoms with E-state index in [1.54, 1.807) is 43.9 Å². The van der Waals surface area contributed by atoms with Gasteiger partial charge in [0.15, 0.2) is 0 Å². The third kappa shape index (κ3) is 9.63. The zero-order valence-corrected chi connectivity index (χ0v) is 18.4. The maximum absolute atomic E-state index is 12.9. The van der Waals surface area contributed by atoms with Gasteiger partial charge in [0.2, 0.25) is 11.8 Å². The van der Waals surface area contributed by atoms with Crippen molar-refractivity contribution in [1.82, 2.24) is 15.5 Å². The summed E-state index contributed by atoms with van der Waals surface area (Å²) in [4.78, 5) is 37.6. The number of benzene rings is 1. The first kappa shape index (κ1) is 24.4. The highest BCUT2D eigenvalue weighted by molar-refractivity contribution is 5.91. The van der Waals surface area contributed by atoms with Gasteiger partial charge in [-0.05, 0) is 63.3 Å². The number of piperidine rings is 1. The van der Waals surface area contributed by atoms with Crippen LogP contribution in [0.3, 0.4) is 0 Å². The van der Waals surface area contributed by atoms with Crippen LogP contribution in [0.25, 0.3) is 6.08 Å². The van der Waals surface area contributed by atoms with E-state index in [0.717, 1.165) is 18.4 Å². The Kier molecular flexibility index (Phi) is 9.03. The summed E-state index contributed by atoms with van der Waals surface area (Å²) >= 11 is 0. The van der Waals surface area contributed by atoms with Crippen molar-refractivity contribution in [1.29, 1.82) is 0 Å². The molecule has 0 aliphatic carbocycles. The van der Waals surface area contributed by atoms with Crippen LogP contribution in [-0.4, -0.2) is 54.6 Å². The summed E-state index contributed by atoms with van der Waals surface area (Å²) in [6.45, 7) is 7.37. The van der Waals surface area contributed by atoms with Crippen LogP contribution in [0.2, 0.25) is 0 Å². The molecule has 0 unspecified atom stereocenters. The highest BCUT2D eigenvalue weighted by Crippen LogP contribution is 2.17. The molecule has 0 aromatic heterocycles. The van der Waals surface area contributed by atoms with Crippen LogP contribution in [0.4, 0.5) is 9.18 Å². The molecule has 3 amide bonds. The standard InChI is InChI=1S/C23H32FN3O4/c1-23(2,3)31-22(30)25-13-10-20(28)26-16-18-11-14-27(15-12-18)21(29)9-6-17-4-7-19(24)8-5-17/h4-9,18H,10-16H2,1-3H3,(H,25,30)(H,26,28)/b9-6+. The van der Waals surface area contributed by atoms with Gasteiger partial charge in [-0.15, -0.1) is 0 Å². The number of rotatable bonds is 7. The second-order valence-electron chi connectivity index (χ2n) is 8.64. The van der Waals surface area contributed by atoms with E-state index >= 15 is 0 Å². The molecule has 1 aliphatic heterocycles. The van der Waals surface area contributed by atoms with Crippen molar-refractivity contribution < 1.29 is 23.5 Å². The lowest BCUT2D eigenvalue weighted by Gasteiger charge is -2.31. The van der Waals surface area contributed by atoms with Gasteiger partial charge < -0.3 is 20.3 Å². The van der Waals surface area contributed by atoms with Crippen molar-refractivity contribution in [3.63, 3.8) is 0 Å². The van der Waals surface area contributed by atoms with Crippen LogP contribution in [-0.2, 0) is 14.3 Å². The molecule has 8 heteroatoms. The van der Waals surface area contributed by atoms with E-state index in [4.69, 9.17) is 4.74 Å². The zero-order valence-electron chi connectivity index (χ0n) is 18.4. The monoisotopic (exact) mass is 433 g/mol. The van der Waals surface area contributed by atoms with E-state index in [0.29, 0.717) is 25.6 Å². The highest BCUT2D eigenvalue weighted by atomic mass is 19.1. The maximum atomic E-state index is 12.9. The van der Waals surface area contributed by atoms with Gasteiger partial charge in [-0.2, -0.15) is 0 Å². The number of hydrogen-bond donors (Lipinski definition) is 2. The third-order valence-corrected chi connectivity index (χ3v) is 4.82. The second kappa shape index (κ2) is 11.5. The van der Waals surface area contributed by atoms with Gasteiger partial charge in [-0.3, -0.25) is 9.59 Å². The third-order valence-electron chi connectivity index (χ3n) is 4.82. The Labute approximate surface area is 183 Å². The molecule has 170 valence electrons. The van der Waals surface area contributed by atoms with Gasteiger partial charge in [0.05, 0.1) is 0 Å². The molecule has 1 aliphatic rings. The fourth-order valence-electron chi connectivity index (χ4n) is 3.14. The molecule has 0 saturated carbocycles. The van der Waals surface area contributed by atoms with Gasteiger partial charge in [0.1, 0.15) is 11.4 Å². The summed E-state index contributed by atoms with van der Waals surface area (Å²) in [7, 11) is 0. The summed E-state index contributed by atoms with van der Waals surface area (Å²) < 4.78 is 18.0. The van der Waals surface area contributed by atoms with Gasteiger partial charge >= 0.3 is 6.09 Å². The highest BCUT2D eigenvalue weighted by Gasteiger charge is 2.22. The first-order valence-electron chi connectivity index (χ1n) is 10.6. The summed E-state index contributed by atoms with van der Waals surface area (Å²) in [6, 6.07) is 5.96. The van der Waals surface area contributed by atoms with E-state index in [2.05, 4.69) is 10.6 Å². The smallest absolute Gasteiger partial charge is 0.407 e. The first-order chi connectivity index (χ1) is 14.6. The van der Waals surface area contributed by atoms with Crippen LogP contribution in [0.15, 0.2) is 30.3 Å². The number of hydrogen-bond acceptors (Lipinski definition) is 4. The number of carbonyl (C=O) groups excluding carboxylic acids is 3. The quantitative estimate of drug-likeness (QED) is 0.647. The average Bonchev–Trinajstić information content (AvgIpc) is 2.70. The Morgan fingerprint density at radius 2 is 1.77 bits per heavy atom. The van der Waals surface area contributed by atoms with E-state index < -0.39 is 11.7 Å². The van der Waals surface area contributed by atoms with Crippen molar-refractivity contribution in [2.75, 3.05) is 26.2 Å². The molecule has 2 rings (SSSR count). The number of likely N-dealkylation sites (tertiary alicyclic amines) is 1. The number of nitrogens with one attached hydrogen (secondary N) is 2. The summed E-state index contributed by atoms with van der Waals surface area (Å²) in [6.07, 6.45) is 4.46. The summed E-state index contributed by atoms with van der Waals surface area (Å²) in [5, 5.41) is 5.45. The van der Waals surface area contributed by atoms with Crippen molar-refractivity contribution in [3.05, 3.63) is 41.7 Å². The Morgan fingerprint density at radius 1 is 1.13 bits per heavy atom. The number of alkyl carbamates (subject to hydrolysis) is 1. The number of ether oxygens (including phenoxy) is 1. The summed E-state index contributed by atoms with van der Waals surface area (Å²) in [5.74, 6) is -0.193. The lowest BCUT2D eigenvalue weighted by molar-refractivity contribution is -0.127. The van der Waals surface area contributed by atoms with Gasteiger partial charge in [-0.1, -0.05) is 12.1 Å². The van der Waals surface area contributed by atoms with Crippen molar-refractivity contribution in [2.24, 2.45) is 5.92 Å². The second-order valence-corrected chi connectivity index (χ2v) is 8.64. The molecular weight excluding hydrogens is 401 g/mol. The molecular formula is C23H32FN3O4. The molecule has 0 atom stereocenters.